The average molecular weight is 957 g/mol. The molecule has 0 saturated heterocycles. The van der Waals surface area contributed by atoms with Crippen molar-refractivity contribution in [1.29, 1.82) is 0 Å². The Kier molecular flexibility index (Phi) is 24.5. The normalized spacial score (nSPS) is 29.2. The van der Waals surface area contributed by atoms with E-state index in [1.54, 1.807) is 0 Å². The van der Waals surface area contributed by atoms with Crippen LogP contribution in [0, 0.1) is 65.1 Å². The van der Waals surface area contributed by atoms with Crippen molar-refractivity contribution in [1.82, 2.24) is 0 Å². The number of hydrogen-bond donors (Lipinski definition) is 3. The van der Waals surface area contributed by atoms with Gasteiger partial charge in [0, 0.05) is 18.3 Å². The van der Waals surface area contributed by atoms with Gasteiger partial charge < -0.3 is 43.7 Å². The van der Waals surface area contributed by atoms with Crippen LogP contribution in [0.3, 0.4) is 0 Å². The van der Waals surface area contributed by atoms with Gasteiger partial charge in [-0.15, -0.1) is 0 Å². The van der Waals surface area contributed by atoms with E-state index in [2.05, 4.69) is 64.2 Å². The van der Waals surface area contributed by atoms with Crippen LogP contribution >= 0.6 is 0 Å². The molecule has 0 amide bonds. The molecule has 4 rings (SSSR count). The summed E-state index contributed by atoms with van der Waals surface area (Å²) < 4.78 is 33.8. The van der Waals surface area contributed by atoms with E-state index in [-0.39, 0.29) is 142 Å². The van der Waals surface area contributed by atoms with Gasteiger partial charge in [-0.3, -0.25) is 19.2 Å². The van der Waals surface area contributed by atoms with Crippen molar-refractivity contribution in [3.63, 3.8) is 0 Å². The first-order valence-corrected chi connectivity index (χ1v) is 26.1. The Balaban J connectivity index is 1.02. The molecule has 0 fully saturated rings. The van der Waals surface area contributed by atoms with Gasteiger partial charge in [0.2, 0.25) is 0 Å². The molecule has 0 aromatic heterocycles. The molecule has 2 unspecified atom stereocenters. The molecule has 16 atom stereocenters. The van der Waals surface area contributed by atoms with Gasteiger partial charge in [0.05, 0.1) is 63.0 Å². The van der Waals surface area contributed by atoms with Crippen molar-refractivity contribution in [2.24, 2.45) is 65.1 Å². The van der Waals surface area contributed by atoms with E-state index in [4.69, 9.17) is 28.4 Å². The maximum absolute atomic E-state index is 12.8. The summed E-state index contributed by atoms with van der Waals surface area (Å²) in [6.45, 7) is 19.4. The lowest BCUT2D eigenvalue weighted by atomic mass is 9.65. The first kappa shape index (κ1) is 57.2. The van der Waals surface area contributed by atoms with Crippen molar-refractivity contribution in [2.45, 2.75) is 170 Å². The molecule has 0 heterocycles. The summed E-state index contributed by atoms with van der Waals surface area (Å²) in [5, 5.41) is 32.4. The van der Waals surface area contributed by atoms with Gasteiger partial charge in [-0.1, -0.05) is 98.8 Å². The minimum absolute atomic E-state index is 0.00953. The van der Waals surface area contributed by atoms with Crippen LogP contribution in [0.15, 0.2) is 47.6 Å². The van der Waals surface area contributed by atoms with Crippen LogP contribution in [0.5, 0.6) is 0 Å². The highest BCUT2D eigenvalue weighted by atomic mass is 16.6. The maximum Gasteiger partial charge on any atom is 0.308 e. The van der Waals surface area contributed by atoms with Crippen molar-refractivity contribution in [3.05, 3.63) is 47.6 Å². The predicted molar refractivity (Wildman–Crippen MR) is 261 cm³/mol. The lowest BCUT2D eigenvalue weighted by molar-refractivity contribution is -0.159. The first-order valence-electron chi connectivity index (χ1n) is 26.1. The Labute approximate surface area is 407 Å². The summed E-state index contributed by atoms with van der Waals surface area (Å²) in [4.78, 5) is 50.5. The van der Waals surface area contributed by atoms with Gasteiger partial charge >= 0.3 is 23.9 Å². The van der Waals surface area contributed by atoms with Crippen LogP contribution in [0.4, 0.5) is 0 Å². The average Bonchev–Trinajstić information content (AvgIpc) is 3.28. The van der Waals surface area contributed by atoms with Crippen LogP contribution in [0.1, 0.15) is 139 Å². The van der Waals surface area contributed by atoms with Gasteiger partial charge in [0.25, 0.3) is 0 Å². The third kappa shape index (κ3) is 18.4. The van der Waals surface area contributed by atoms with Crippen LogP contribution in [0.2, 0.25) is 0 Å². The summed E-state index contributed by atoms with van der Waals surface area (Å²) in [5.41, 5.74) is 2.42. The molecular formula is C55H88O13. The Hall–Kier alpha value is -3.36. The quantitative estimate of drug-likeness (QED) is 0.0368. The van der Waals surface area contributed by atoms with Crippen molar-refractivity contribution >= 4 is 23.9 Å². The fourth-order valence-electron chi connectivity index (χ4n) is 10.6. The molecule has 68 heavy (non-hydrogen) atoms. The zero-order valence-corrected chi connectivity index (χ0v) is 42.9. The minimum Gasteiger partial charge on any atom is -0.463 e. The monoisotopic (exact) mass is 957 g/mol. The second-order valence-corrected chi connectivity index (χ2v) is 20.9. The van der Waals surface area contributed by atoms with Crippen molar-refractivity contribution < 1.29 is 62.9 Å². The van der Waals surface area contributed by atoms with Gasteiger partial charge in [-0.05, 0) is 117 Å². The zero-order chi connectivity index (χ0) is 49.9. The topological polar surface area (TPSA) is 184 Å². The highest BCUT2D eigenvalue weighted by molar-refractivity contribution is 5.73. The van der Waals surface area contributed by atoms with E-state index in [9.17, 15) is 34.5 Å². The van der Waals surface area contributed by atoms with Gasteiger partial charge in [0.1, 0.15) is 25.4 Å². The predicted octanol–water partition coefficient (Wildman–Crippen LogP) is 8.67. The molecule has 4 aliphatic carbocycles. The molecule has 0 radical (unpaired) electrons. The third-order valence-electron chi connectivity index (χ3n) is 14.9. The molecule has 13 heteroatoms. The van der Waals surface area contributed by atoms with E-state index in [1.807, 2.05) is 34.6 Å². The fourth-order valence-corrected chi connectivity index (χ4v) is 10.6. The van der Waals surface area contributed by atoms with E-state index >= 15 is 0 Å². The van der Waals surface area contributed by atoms with E-state index in [0.29, 0.717) is 37.5 Å². The number of aliphatic hydroxyl groups is 3. The highest BCUT2D eigenvalue weighted by Gasteiger charge is 2.43. The third-order valence-corrected chi connectivity index (χ3v) is 14.9. The Bertz CT molecular complexity index is 1580. The number of aliphatic hydroxyl groups excluding tert-OH is 3. The van der Waals surface area contributed by atoms with Crippen LogP contribution in [-0.2, 0) is 47.6 Å². The lowest BCUT2D eigenvalue weighted by Gasteiger charge is -2.43. The van der Waals surface area contributed by atoms with E-state index < -0.39 is 24.3 Å². The molecule has 4 aliphatic rings. The first-order chi connectivity index (χ1) is 32.4. The number of carbonyl (C=O) groups is 4. The summed E-state index contributed by atoms with van der Waals surface area (Å²) in [6, 6.07) is 0. The molecule has 386 valence electrons. The Morgan fingerprint density at radius 1 is 0.588 bits per heavy atom. The molecule has 0 aromatic carbocycles. The number of allylic oxidation sites excluding steroid dienone is 6. The SMILES string of the molecule is CCC(C)C(=O)O[C@H]1C[C@@H](C)C=C2C=C[C@H](C)[C@H](CC[C@@H](O)C[C@H](C)CC(=O)OCCOCCOCCOC(=O)C[C@H](O)C[C@H](O)CC[C@@H]3[C@@H]4C(=C[C@H](C)C[C@@H]4OC(=O)C(C)CC)C=C[C@@H]3C)[C@H]21. The van der Waals surface area contributed by atoms with Crippen LogP contribution in [0.25, 0.3) is 0 Å². The summed E-state index contributed by atoms with van der Waals surface area (Å²) in [6.07, 6.45) is 16.6. The van der Waals surface area contributed by atoms with Crippen LogP contribution < -0.4 is 0 Å². The molecule has 13 nitrogen and oxygen atoms in total. The van der Waals surface area contributed by atoms with E-state index in [0.717, 1.165) is 32.1 Å². The van der Waals surface area contributed by atoms with Crippen molar-refractivity contribution in [3.8, 4) is 0 Å². The molecule has 0 aromatic rings. The fraction of sp³-hybridized carbons (Fsp3) is 0.782. The Morgan fingerprint density at radius 3 is 1.44 bits per heavy atom. The van der Waals surface area contributed by atoms with Gasteiger partial charge in [-0.2, -0.15) is 0 Å². The number of carbonyl (C=O) groups excluding carboxylic acids is 4. The zero-order valence-electron chi connectivity index (χ0n) is 42.9. The van der Waals surface area contributed by atoms with Gasteiger partial charge in [-0.25, -0.2) is 0 Å². The van der Waals surface area contributed by atoms with Crippen LogP contribution in [-0.4, -0.2) is 109 Å². The summed E-state index contributed by atoms with van der Waals surface area (Å²) in [5.74, 6) is 0.149. The summed E-state index contributed by atoms with van der Waals surface area (Å²) in [7, 11) is 0. The number of ether oxygens (including phenoxy) is 6. The molecule has 0 saturated carbocycles. The number of fused-ring (bicyclic) bond motifs is 2. The highest BCUT2D eigenvalue weighted by Crippen LogP contribution is 2.47. The maximum atomic E-state index is 12.8. The Morgan fingerprint density at radius 2 is 1.00 bits per heavy atom. The number of hydrogen-bond acceptors (Lipinski definition) is 13. The number of esters is 4. The molecule has 0 aliphatic heterocycles. The van der Waals surface area contributed by atoms with Crippen molar-refractivity contribution in [2.75, 3.05) is 39.6 Å². The van der Waals surface area contributed by atoms with E-state index in [1.165, 1.54) is 11.1 Å². The molecule has 0 spiro atoms. The molecular weight excluding hydrogens is 869 g/mol. The largest absolute Gasteiger partial charge is 0.463 e. The smallest absolute Gasteiger partial charge is 0.308 e. The molecule has 3 N–H and O–H groups in total. The summed E-state index contributed by atoms with van der Waals surface area (Å²) >= 11 is 0. The van der Waals surface area contributed by atoms with Gasteiger partial charge in [0.15, 0.2) is 0 Å². The second kappa shape index (κ2) is 29.1. The second-order valence-electron chi connectivity index (χ2n) is 20.9. The number of rotatable bonds is 29. The minimum atomic E-state index is -1.05. The lowest BCUT2D eigenvalue weighted by Crippen LogP contribution is -2.41. The standard InChI is InChI=1S/C55H88O13/c1-10-37(6)54(61)67-48-29-34(3)26-41-14-12-39(8)46(52(41)48)18-16-43(56)28-36(5)31-50(59)65-24-22-63-20-21-64-23-25-66-51(60)33-45(58)32-44(57)17-19-47-40(9)13-15-42-27-35(4)30-49(53(42)47)68-55(62)38(7)11-2/h12-15,26-27,34-40,43-49,52-53,56-58H,10-11,16-25,28-33H2,1-9H3/t34-,35-,36-,37?,38?,39-,40-,43+,44+,45+,46-,47-,48-,49-,52-,53-/m0/s1. The molecule has 0 bridgehead atoms.